The summed E-state index contributed by atoms with van der Waals surface area (Å²) in [6.07, 6.45) is 8.55. The molecule has 0 spiro atoms. The Morgan fingerprint density at radius 3 is 2.55 bits per heavy atom. The highest BCUT2D eigenvalue weighted by Gasteiger charge is 2.27. The van der Waals surface area contributed by atoms with E-state index in [0.717, 1.165) is 55.1 Å². The minimum Gasteiger partial charge on any atom is -0.494 e. The summed E-state index contributed by atoms with van der Waals surface area (Å²) in [6.45, 7) is 3.91. The fourth-order valence-corrected chi connectivity index (χ4v) is 4.35. The lowest BCUT2D eigenvalue weighted by atomic mass is 9.88. The first-order valence-corrected chi connectivity index (χ1v) is 11.4. The van der Waals surface area contributed by atoms with Gasteiger partial charge in [-0.3, -0.25) is 9.59 Å². The number of rotatable bonds is 7. The Balaban J connectivity index is 1.31. The normalized spacial score (nSPS) is 18.5. The monoisotopic (exact) mass is 420 g/mol. The SMILES string of the molecule is Cc1cc(OCCCC(=O)N2CCC(NC(=O)C3CCCCC3)CC2)ccc1Cl. The van der Waals surface area contributed by atoms with Crippen LogP contribution in [0.2, 0.25) is 5.02 Å². The van der Waals surface area contributed by atoms with Gasteiger partial charge in [-0.05, 0) is 62.8 Å². The summed E-state index contributed by atoms with van der Waals surface area (Å²) in [6, 6.07) is 5.80. The zero-order chi connectivity index (χ0) is 20.6. The fraction of sp³-hybridized carbons (Fsp3) is 0.652. The van der Waals surface area contributed by atoms with E-state index in [2.05, 4.69) is 5.32 Å². The number of nitrogens with one attached hydrogen (secondary N) is 1. The standard InChI is InChI=1S/C23H33ClN2O3/c1-17-16-20(9-10-21(17)24)29-15-5-8-22(27)26-13-11-19(12-14-26)25-23(28)18-6-3-2-4-7-18/h9-10,16,18-19H,2-8,11-15H2,1H3,(H,25,28). The van der Waals surface area contributed by atoms with Gasteiger partial charge in [-0.25, -0.2) is 0 Å². The molecule has 2 amide bonds. The van der Waals surface area contributed by atoms with Crippen LogP contribution >= 0.6 is 11.6 Å². The average molecular weight is 421 g/mol. The Kier molecular flexibility index (Phi) is 8.22. The Labute approximate surface area is 179 Å². The van der Waals surface area contributed by atoms with E-state index in [0.29, 0.717) is 19.4 Å². The topological polar surface area (TPSA) is 58.6 Å². The largest absolute Gasteiger partial charge is 0.494 e. The van der Waals surface area contributed by atoms with Gasteiger partial charge in [0, 0.05) is 36.5 Å². The summed E-state index contributed by atoms with van der Waals surface area (Å²) in [5.74, 6) is 1.39. The van der Waals surface area contributed by atoms with Gasteiger partial charge < -0.3 is 15.0 Å². The molecule has 1 aliphatic carbocycles. The maximum absolute atomic E-state index is 12.4. The molecule has 2 fully saturated rings. The number of benzene rings is 1. The van der Waals surface area contributed by atoms with Crippen molar-refractivity contribution in [3.05, 3.63) is 28.8 Å². The van der Waals surface area contributed by atoms with Gasteiger partial charge in [-0.1, -0.05) is 30.9 Å². The Bertz CT molecular complexity index is 695. The molecule has 0 bridgehead atoms. The first kappa shape index (κ1) is 21.9. The lowest BCUT2D eigenvalue weighted by Crippen LogP contribution is -2.48. The van der Waals surface area contributed by atoms with Crippen LogP contribution < -0.4 is 10.1 Å². The molecule has 1 saturated carbocycles. The summed E-state index contributed by atoms with van der Waals surface area (Å²) >= 11 is 6.02. The molecule has 1 aromatic rings. The maximum Gasteiger partial charge on any atom is 0.223 e. The first-order valence-electron chi connectivity index (χ1n) is 11.0. The van der Waals surface area contributed by atoms with Crippen LogP contribution in [0.5, 0.6) is 5.75 Å². The van der Waals surface area contributed by atoms with Gasteiger partial charge in [0.1, 0.15) is 5.75 Å². The Morgan fingerprint density at radius 2 is 1.86 bits per heavy atom. The highest BCUT2D eigenvalue weighted by molar-refractivity contribution is 6.31. The first-order chi connectivity index (χ1) is 14.0. The number of hydrogen-bond donors (Lipinski definition) is 1. The molecule has 6 heteroatoms. The molecule has 1 aromatic carbocycles. The molecule has 2 aliphatic rings. The van der Waals surface area contributed by atoms with E-state index >= 15 is 0 Å². The van der Waals surface area contributed by atoms with E-state index in [1.807, 2.05) is 30.0 Å². The summed E-state index contributed by atoms with van der Waals surface area (Å²) in [5.41, 5.74) is 0.985. The quantitative estimate of drug-likeness (QED) is 0.661. The van der Waals surface area contributed by atoms with Gasteiger partial charge >= 0.3 is 0 Å². The predicted molar refractivity (Wildman–Crippen MR) is 115 cm³/mol. The second-order valence-electron chi connectivity index (χ2n) is 8.36. The number of carbonyl (C=O) groups is 2. The molecule has 3 rings (SSSR count). The van der Waals surface area contributed by atoms with Crippen molar-refractivity contribution in [2.24, 2.45) is 5.92 Å². The number of amides is 2. The van der Waals surface area contributed by atoms with E-state index in [1.165, 1.54) is 19.3 Å². The van der Waals surface area contributed by atoms with Crippen molar-refractivity contribution in [1.82, 2.24) is 10.2 Å². The van der Waals surface area contributed by atoms with Crippen LogP contribution in [0.1, 0.15) is 63.4 Å². The summed E-state index contributed by atoms with van der Waals surface area (Å²) < 4.78 is 5.72. The predicted octanol–water partition coefficient (Wildman–Crippen LogP) is 4.49. The van der Waals surface area contributed by atoms with E-state index in [9.17, 15) is 9.59 Å². The minimum atomic E-state index is 0.179. The summed E-state index contributed by atoms with van der Waals surface area (Å²) in [7, 11) is 0. The van der Waals surface area contributed by atoms with Crippen molar-refractivity contribution in [3.63, 3.8) is 0 Å². The zero-order valence-electron chi connectivity index (χ0n) is 17.4. The third kappa shape index (κ3) is 6.63. The lowest BCUT2D eigenvalue weighted by Gasteiger charge is -2.33. The van der Waals surface area contributed by atoms with Crippen molar-refractivity contribution in [1.29, 1.82) is 0 Å². The molecular weight excluding hydrogens is 388 g/mol. The third-order valence-electron chi connectivity index (χ3n) is 6.10. The molecule has 1 heterocycles. The van der Waals surface area contributed by atoms with Gasteiger partial charge in [0.25, 0.3) is 0 Å². The van der Waals surface area contributed by atoms with E-state index in [-0.39, 0.29) is 23.8 Å². The van der Waals surface area contributed by atoms with Gasteiger partial charge in [-0.15, -0.1) is 0 Å². The molecule has 0 unspecified atom stereocenters. The second kappa shape index (κ2) is 10.9. The minimum absolute atomic E-state index is 0.179. The number of piperidine rings is 1. The molecule has 1 saturated heterocycles. The molecule has 1 N–H and O–H groups in total. The van der Waals surface area contributed by atoms with Crippen molar-refractivity contribution in [3.8, 4) is 5.75 Å². The number of nitrogens with zero attached hydrogens (tertiary/aromatic N) is 1. The molecule has 160 valence electrons. The van der Waals surface area contributed by atoms with E-state index < -0.39 is 0 Å². The molecule has 0 radical (unpaired) electrons. The Morgan fingerprint density at radius 1 is 1.14 bits per heavy atom. The molecule has 29 heavy (non-hydrogen) atoms. The smallest absolute Gasteiger partial charge is 0.223 e. The van der Waals surface area contributed by atoms with Crippen molar-refractivity contribution in [2.45, 2.75) is 70.8 Å². The van der Waals surface area contributed by atoms with Crippen molar-refractivity contribution < 1.29 is 14.3 Å². The van der Waals surface area contributed by atoms with Crippen LogP contribution in [0.15, 0.2) is 18.2 Å². The highest BCUT2D eigenvalue weighted by Crippen LogP contribution is 2.24. The van der Waals surface area contributed by atoms with Crippen molar-refractivity contribution in [2.75, 3.05) is 19.7 Å². The molecule has 1 aliphatic heterocycles. The molecule has 5 nitrogen and oxygen atoms in total. The van der Waals surface area contributed by atoms with Crippen LogP contribution in [0.4, 0.5) is 0 Å². The van der Waals surface area contributed by atoms with Crippen LogP contribution in [0.25, 0.3) is 0 Å². The lowest BCUT2D eigenvalue weighted by molar-refractivity contribution is -0.132. The molecular formula is C23H33ClN2O3. The Hall–Kier alpha value is -1.75. The van der Waals surface area contributed by atoms with Gasteiger partial charge in [0.2, 0.25) is 11.8 Å². The zero-order valence-corrected chi connectivity index (χ0v) is 18.2. The third-order valence-corrected chi connectivity index (χ3v) is 6.53. The van der Waals surface area contributed by atoms with Crippen molar-refractivity contribution >= 4 is 23.4 Å². The van der Waals surface area contributed by atoms with Crippen LogP contribution in [-0.4, -0.2) is 42.5 Å². The van der Waals surface area contributed by atoms with E-state index in [1.54, 1.807) is 0 Å². The molecule has 0 atom stereocenters. The summed E-state index contributed by atoms with van der Waals surface area (Å²) in [5, 5.41) is 3.95. The number of hydrogen-bond acceptors (Lipinski definition) is 3. The van der Waals surface area contributed by atoms with E-state index in [4.69, 9.17) is 16.3 Å². The highest BCUT2D eigenvalue weighted by atomic mass is 35.5. The maximum atomic E-state index is 12.4. The van der Waals surface area contributed by atoms with Crippen LogP contribution in [-0.2, 0) is 9.59 Å². The van der Waals surface area contributed by atoms with Crippen LogP contribution in [0.3, 0.4) is 0 Å². The number of aryl methyl sites for hydroxylation is 1. The van der Waals surface area contributed by atoms with Gasteiger partial charge in [0.05, 0.1) is 6.61 Å². The number of likely N-dealkylation sites (tertiary alicyclic amines) is 1. The van der Waals surface area contributed by atoms with Gasteiger partial charge in [0.15, 0.2) is 0 Å². The molecule has 0 aromatic heterocycles. The van der Waals surface area contributed by atoms with Gasteiger partial charge in [-0.2, -0.15) is 0 Å². The number of halogens is 1. The number of ether oxygens (including phenoxy) is 1. The second-order valence-corrected chi connectivity index (χ2v) is 8.77. The average Bonchev–Trinajstić information content (AvgIpc) is 2.74. The summed E-state index contributed by atoms with van der Waals surface area (Å²) in [4.78, 5) is 26.8. The fourth-order valence-electron chi connectivity index (χ4n) is 4.24. The van der Waals surface area contributed by atoms with Crippen LogP contribution in [0, 0.1) is 12.8 Å². The number of carbonyl (C=O) groups excluding carboxylic acids is 2.